The highest BCUT2D eigenvalue weighted by atomic mass is 16.3. The van der Waals surface area contributed by atoms with E-state index in [2.05, 4.69) is 291 Å². The van der Waals surface area contributed by atoms with Gasteiger partial charge in [-0.2, -0.15) is 0 Å². The molecular weight excluding hydrogens is 985 g/mol. The van der Waals surface area contributed by atoms with E-state index < -0.39 is 0 Å². The van der Waals surface area contributed by atoms with Gasteiger partial charge in [0.25, 0.3) is 0 Å². The van der Waals surface area contributed by atoms with Gasteiger partial charge in [0.2, 0.25) is 0 Å². The van der Waals surface area contributed by atoms with Gasteiger partial charge in [0.15, 0.2) is 0 Å². The van der Waals surface area contributed by atoms with E-state index in [1.54, 1.807) is 0 Å². The zero-order valence-electron chi connectivity index (χ0n) is 44.8. The number of furan rings is 2. The molecule has 0 N–H and O–H groups in total. The summed E-state index contributed by atoms with van der Waals surface area (Å²) in [6.07, 6.45) is 0. The molecule has 4 nitrogen and oxygen atoms in total. The molecule has 0 spiro atoms. The third-order valence-corrected chi connectivity index (χ3v) is 17.0. The van der Waals surface area contributed by atoms with Crippen LogP contribution >= 0.6 is 0 Å². The highest BCUT2D eigenvalue weighted by Crippen LogP contribution is 2.56. The van der Waals surface area contributed by atoms with Crippen LogP contribution in [0.3, 0.4) is 0 Å². The van der Waals surface area contributed by atoms with Crippen molar-refractivity contribution < 1.29 is 8.83 Å². The first-order valence-electron chi connectivity index (χ1n) is 27.9. The zero-order chi connectivity index (χ0) is 53.8. The Bertz CT molecular complexity index is 4940. The molecule has 1 aliphatic rings. The SMILES string of the molecule is CC1(C)c2cc(N(c3ccc(-c4ccccc4)cc3)c3ccc4oc5ccccc5c4c3)ccc2-c2c(-c3ccccc3)c3ccc(N(c4ccc(-c5ccccc5)cc4)c4ccc5oc6ccccc6c5c4)cc3c3cccc1c23. The molecule has 0 atom stereocenters. The van der Waals surface area contributed by atoms with Crippen molar-refractivity contribution in [1.29, 1.82) is 0 Å². The second-order valence-electron chi connectivity index (χ2n) is 22.0. The van der Waals surface area contributed by atoms with Crippen molar-refractivity contribution >= 4 is 99.5 Å². The molecule has 0 saturated carbocycles. The molecule has 2 aromatic heterocycles. The molecule has 4 heteroatoms. The van der Waals surface area contributed by atoms with Crippen molar-refractivity contribution in [3.63, 3.8) is 0 Å². The van der Waals surface area contributed by atoms with E-state index in [-0.39, 0.29) is 5.41 Å². The van der Waals surface area contributed by atoms with E-state index in [4.69, 9.17) is 8.83 Å². The van der Waals surface area contributed by atoms with Gasteiger partial charge < -0.3 is 18.6 Å². The molecule has 81 heavy (non-hydrogen) atoms. The topological polar surface area (TPSA) is 32.8 Å². The molecular formula is C77H52N2O2. The Hall–Kier alpha value is -10.4. The van der Waals surface area contributed by atoms with Gasteiger partial charge in [-0.25, -0.2) is 0 Å². The predicted octanol–water partition coefficient (Wildman–Crippen LogP) is 22.0. The van der Waals surface area contributed by atoms with Crippen molar-refractivity contribution in [2.75, 3.05) is 9.80 Å². The summed E-state index contributed by atoms with van der Waals surface area (Å²) >= 11 is 0. The third-order valence-electron chi connectivity index (χ3n) is 17.0. The first kappa shape index (κ1) is 46.7. The minimum Gasteiger partial charge on any atom is -0.456 e. The summed E-state index contributed by atoms with van der Waals surface area (Å²) in [4.78, 5) is 4.82. The molecule has 0 amide bonds. The number of para-hydroxylation sites is 2. The van der Waals surface area contributed by atoms with E-state index in [0.29, 0.717) is 0 Å². The fraction of sp³-hybridized carbons (Fsp3) is 0.0390. The third kappa shape index (κ3) is 7.52. The van der Waals surface area contributed by atoms with Crippen molar-refractivity contribution in [3.05, 3.63) is 290 Å². The summed E-state index contributed by atoms with van der Waals surface area (Å²) in [6.45, 7) is 4.82. The molecule has 382 valence electrons. The lowest BCUT2D eigenvalue weighted by atomic mass is 9.66. The lowest BCUT2D eigenvalue weighted by Gasteiger charge is -2.38. The number of fused-ring (bicyclic) bond motifs is 10. The van der Waals surface area contributed by atoms with Crippen molar-refractivity contribution in [2.24, 2.45) is 0 Å². The van der Waals surface area contributed by atoms with Gasteiger partial charge >= 0.3 is 0 Å². The second kappa shape index (κ2) is 18.3. The van der Waals surface area contributed by atoms with Crippen LogP contribution in [0, 0.1) is 0 Å². The summed E-state index contributed by atoms with van der Waals surface area (Å²) in [5.74, 6) is 0. The van der Waals surface area contributed by atoms with E-state index >= 15 is 0 Å². The van der Waals surface area contributed by atoms with Crippen molar-refractivity contribution in [1.82, 2.24) is 0 Å². The van der Waals surface area contributed by atoms with Gasteiger partial charge in [-0.1, -0.05) is 196 Å². The van der Waals surface area contributed by atoms with Crippen LogP contribution in [-0.2, 0) is 5.41 Å². The van der Waals surface area contributed by atoms with Gasteiger partial charge in [0.1, 0.15) is 22.3 Å². The van der Waals surface area contributed by atoms with Crippen LogP contribution in [0.5, 0.6) is 0 Å². The maximum atomic E-state index is 6.38. The number of rotatable bonds is 9. The highest BCUT2D eigenvalue weighted by Gasteiger charge is 2.37. The lowest BCUT2D eigenvalue weighted by Crippen LogP contribution is -2.24. The molecule has 16 rings (SSSR count). The van der Waals surface area contributed by atoms with Crippen LogP contribution in [0.25, 0.3) is 110 Å². The summed E-state index contributed by atoms with van der Waals surface area (Å²) in [7, 11) is 0. The maximum Gasteiger partial charge on any atom is 0.135 e. The smallest absolute Gasteiger partial charge is 0.135 e. The Labute approximate surface area is 469 Å². The van der Waals surface area contributed by atoms with Gasteiger partial charge in [-0.3, -0.25) is 0 Å². The Balaban J connectivity index is 0.902. The first-order chi connectivity index (χ1) is 39.9. The zero-order valence-corrected chi connectivity index (χ0v) is 44.8. The molecule has 0 fully saturated rings. The van der Waals surface area contributed by atoms with E-state index in [0.717, 1.165) is 78.0 Å². The number of anilines is 6. The van der Waals surface area contributed by atoms with E-state index in [9.17, 15) is 0 Å². The fourth-order valence-corrected chi connectivity index (χ4v) is 13.1. The first-order valence-corrected chi connectivity index (χ1v) is 27.9. The van der Waals surface area contributed by atoms with Crippen LogP contribution in [0.1, 0.15) is 25.0 Å². The standard InChI is InChI=1S/C77H52N2O2/c1-77(2)68-26-16-25-62-65-45-56(78(54-33-29-51(30-34-54)49-17-6-3-7-18-49)57-39-43-72-66(46-57)60-23-12-14-27-70(60)80-72)37-41-63(65)74(53-21-10-5-11-22-53)76(75(62)68)64-42-38-59(48-69(64)77)79(55-35-31-52(32-36-55)50-19-8-4-9-20-50)58-40-44-73-67(47-58)61-24-13-15-28-71(61)81-73/h3-48H,1-2H3. The summed E-state index contributed by atoms with van der Waals surface area (Å²) in [6, 6.07) is 101. The minimum absolute atomic E-state index is 0.389. The Morgan fingerprint density at radius 2 is 0.667 bits per heavy atom. The number of benzene rings is 13. The van der Waals surface area contributed by atoms with E-state index in [1.165, 1.54) is 77.2 Å². The Morgan fingerprint density at radius 1 is 0.259 bits per heavy atom. The highest BCUT2D eigenvalue weighted by molar-refractivity contribution is 6.24. The number of hydrogen-bond donors (Lipinski definition) is 0. The summed E-state index contributed by atoms with van der Waals surface area (Å²) < 4.78 is 12.8. The quantitative estimate of drug-likeness (QED) is 0.135. The summed E-state index contributed by atoms with van der Waals surface area (Å²) in [5, 5.41) is 9.32. The Morgan fingerprint density at radius 3 is 1.21 bits per heavy atom. The van der Waals surface area contributed by atoms with Gasteiger partial charge in [-0.05, 0) is 174 Å². The van der Waals surface area contributed by atoms with Crippen LogP contribution < -0.4 is 9.80 Å². The molecule has 0 radical (unpaired) electrons. The number of nitrogens with zero attached hydrogens (tertiary/aromatic N) is 2. The molecule has 0 saturated heterocycles. The molecule has 15 aromatic rings. The predicted molar refractivity (Wildman–Crippen MR) is 339 cm³/mol. The molecule has 2 heterocycles. The molecule has 0 unspecified atom stereocenters. The van der Waals surface area contributed by atoms with Crippen LogP contribution in [0.2, 0.25) is 0 Å². The van der Waals surface area contributed by atoms with E-state index in [1.807, 2.05) is 12.1 Å². The molecule has 0 bridgehead atoms. The maximum absolute atomic E-state index is 6.38. The minimum atomic E-state index is -0.389. The van der Waals surface area contributed by atoms with Crippen LogP contribution in [-0.4, -0.2) is 0 Å². The molecule has 13 aromatic carbocycles. The van der Waals surface area contributed by atoms with Crippen molar-refractivity contribution in [2.45, 2.75) is 19.3 Å². The summed E-state index contributed by atoms with van der Waals surface area (Å²) in [5.41, 5.74) is 21.8. The van der Waals surface area contributed by atoms with Gasteiger partial charge in [0, 0.05) is 61.1 Å². The largest absolute Gasteiger partial charge is 0.456 e. The fourth-order valence-electron chi connectivity index (χ4n) is 13.1. The van der Waals surface area contributed by atoms with Crippen LogP contribution in [0.4, 0.5) is 34.1 Å². The van der Waals surface area contributed by atoms with Crippen LogP contribution in [0.15, 0.2) is 288 Å². The lowest BCUT2D eigenvalue weighted by molar-refractivity contribution is 0.645. The van der Waals surface area contributed by atoms with Gasteiger partial charge in [-0.15, -0.1) is 0 Å². The molecule has 1 aliphatic carbocycles. The number of hydrogen-bond acceptors (Lipinski definition) is 4. The normalized spacial score (nSPS) is 12.7. The Kier molecular flexibility index (Phi) is 10.6. The average Bonchev–Trinajstić information content (AvgIpc) is 4.13. The second-order valence-corrected chi connectivity index (χ2v) is 22.0. The van der Waals surface area contributed by atoms with Gasteiger partial charge in [0.05, 0.1) is 0 Å². The molecule has 0 aliphatic heterocycles. The van der Waals surface area contributed by atoms with Crippen molar-refractivity contribution in [3.8, 4) is 44.5 Å². The monoisotopic (exact) mass is 1040 g/mol. The average molecular weight is 1040 g/mol.